The molecule has 2 aromatic carbocycles. The first-order valence-corrected chi connectivity index (χ1v) is 13.5. The van der Waals surface area contributed by atoms with Crippen molar-refractivity contribution in [3.8, 4) is 0 Å². The number of amides is 2. The molecule has 7 nitrogen and oxygen atoms in total. The lowest BCUT2D eigenvalue weighted by Gasteiger charge is -2.31. The summed E-state index contributed by atoms with van der Waals surface area (Å²) in [7, 11) is -3.80. The van der Waals surface area contributed by atoms with Crippen LogP contribution in [0.5, 0.6) is 0 Å². The van der Waals surface area contributed by atoms with Gasteiger partial charge in [-0.15, -0.1) is 0 Å². The molecule has 0 heterocycles. The number of anilines is 1. The van der Waals surface area contributed by atoms with Crippen molar-refractivity contribution >= 4 is 43.5 Å². The Kier molecular flexibility index (Phi) is 9.64. The number of carbonyl (C=O) groups is 2. The van der Waals surface area contributed by atoms with Gasteiger partial charge in [0.2, 0.25) is 21.8 Å². The van der Waals surface area contributed by atoms with E-state index in [9.17, 15) is 22.4 Å². The molecule has 34 heavy (non-hydrogen) atoms. The molecular formula is C24H31BrFN3O4S. The Bertz CT molecular complexity index is 1120. The number of aryl methyl sites for hydroxylation is 1. The van der Waals surface area contributed by atoms with Gasteiger partial charge in [0.1, 0.15) is 18.4 Å². The fraction of sp³-hybridized carbons (Fsp3) is 0.417. The summed E-state index contributed by atoms with van der Waals surface area (Å²) in [5.41, 5.74) is 1.77. The van der Waals surface area contributed by atoms with Gasteiger partial charge in [-0.3, -0.25) is 13.9 Å². The molecular weight excluding hydrogens is 525 g/mol. The monoisotopic (exact) mass is 555 g/mol. The summed E-state index contributed by atoms with van der Waals surface area (Å²) in [6.07, 6.45) is 1.03. The van der Waals surface area contributed by atoms with E-state index in [4.69, 9.17) is 0 Å². The van der Waals surface area contributed by atoms with Crippen molar-refractivity contribution in [1.29, 1.82) is 0 Å². The molecule has 0 saturated heterocycles. The Labute approximate surface area is 209 Å². The molecule has 0 fully saturated rings. The van der Waals surface area contributed by atoms with Crippen LogP contribution >= 0.6 is 15.9 Å². The summed E-state index contributed by atoms with van der Waals surface area (Å²) in [6.45, 7) is 7.29. The molecule has 2 amide bonds. The average Bonchev–Trinajstić information content (AvgIpc) is 2.76. The zero-order valence-corrected chi connectivity index (χ0v) is 22.4. The summed E-state index contributed by atoms with van der Waals surface area (Å²) in [5, 5.41) is 2.81. The highest BCUT2D eigenvalue weighted by atomic mass is 79.9. The maximum absolute atomic E-state index is 13.4. The van der Waals surface area contributed by atoms with Crippen LogP contribution in [0.15, 0.2) is 46.9 Å². The minimum absolute atomic E-state index is 0.0202. The van der Waals surface area contributed by atoms with Crippen molar-refractivity contribution in [3.05, 3.63) is 63.9 Å². The number of carbonyl (C=O) groups excluding carboxylic acids is 2. The van der Waals surface area contributed by atoms with Gasteiger partial charge in [0.15, 0.2) is 0 Å². The van der Waals surface area contributed by atoms with Crippen molar-refractivity contribution < 1.29 is 22.4 Å². The molecule has 0 aliphatic heterocycles. The minimum Gasteiger partial charge on any atom is -0.354 e. The van der Waals surface area contributed by atoms with Gasteiger partial charge in [-0.2, -0.15) is 0 Å². The molecule has 10 heteroatoms. The van der Waals surface area contributed by atoms with Gasteiger partial charge in [0, 0.05) is 17.6 Å². The van der Waals surface area contributed by atoms with E-state index in [0.717, 1.165) is 20.6 Å². The maximum atomic E-state index is 13.4. The van der Waals surface area contributed by atoms with Crippen molar-refractivity contribution in [3.63, 3.8) is 0 Å². The second-order valence-corrected chi connectivity index (χ2v) is 11.4. The lowest BCUT2D eigenvalue weighted by atomic mass is 10.1. The van der Waals surface area contributed by atoms with Crippen LogP contribution < -0.4 is 9.62 Å². The van der Waals surface area contributed by atoms with Crippen molar-refractivity contribution in [2.45, 2.75) is 40.3 Å². The largest absolute Gasteiger partial charge is 0.354 e. The van der Waals surface area contributed by atoms with E-state index >= 15 is 0 Å². The number of benzene rings is 2. The van der Waals surface area contributed by atoms with Crippen LogP contribution in [0.1, 0.15) is 31.9 Å². The standard InChI is InChI=1S/C24H31BrFN3O4S/c1-16(2)13-27-24(31)18(4)28(14-19-6-8-20(26)9-7-19)23(30)15-29(34(5,32)33)21-10-11-22(25)17(3)12-21/h6-12,16,18H,13-15H2,1-5H3,(H,27,31)/t18-/m0/s1. The predicted octanol–water partition coefficient (Wildman–Crippen LogP) is 3.85. The van der Waals surface area contributed by atoms with E-state index in [1.165, 1.54) is 29.2 Å². The summed E-state index contributed by atoms with van der Waals surface area (Å²) in [6, 6.07) is 9.72. The molecule has 0 radical (unpaired) electrons. The van der Waals surface area contributed by atoms with Gasteiger partial charge in [-0.25, -0.2) is 12.8 Å². The van der Waals surface area contributed by atoms with E-state index in [2.05, 4.69) is 21.2 Å². The van der Waals surface area contributed by atoms with Crippen LogP contribution in [0.25, 0.3) is 0 Å². The number of halogens is 2. The molecule has 2 rings (SSSR count). The second-order valence-electron chi connectivity index (χ2n) is 8.67. The van der Waals surface area contributed by atoms with Crippen LogP contribution in [-0.2, 0) is 26.2 Å². The zero-order valence-electron chi connectivity index (χ0n) is 20.0. The highest BCUT2D eigenvalue weighted by Crippen LogP contribution is 2.25. The molecule has 1 N–H and O–H groups in total. The Morgan fingerprint density at radius 3 is 2.24 bits per heavy atom. The third-order valence-corrected chi connectivity index (χ3v) is 7.26. The third-order valence-electron chi connectivity index (χ3n) is 5.23. The van der Waals surface area contributed by atoms with Crippen LogP contribution in [-0.4, -0.2) is 50.5 Å². The van der Waals surface area contributed by atoms with E-state index in [1.54, 1.807) is 25.1 Å². The lowest BCUT2D eigenvalue weighted by molar-refractivity contribution is -0.139. The van der Waals surface area contributed by atoms with E-state index in [1.807, 2.05) is 20.8 Å². The van der Waals surface area contributed by atoms with Crippen LogP contribution in [0.4, 0.5) is 10.1 Å². The number of hydrogen-bond acceptors (Lipinski definition) is 4. The first-order valence-electron chi connectivity index (χ1n) is 10.8. The molecule has 0 spiro atoms. The third kappa shape index (κ3) is 7.80. The number of rotatable bonds is 10. The van der Waals surface area contributed by atoms with Gasteiger partial charge < -0.3 is 10.2 Å². The van der Waals surface area contributed by atoms with E-state index < -0.39 is 34.3 Å². The smallest absolute Gasteiger partial charge is 0.244 e. The van der Waals surface area contributed by atoms with Gasteiger partial charge in [0.25, 0.3) is 0 Å². The fourth-order valence-corrected chi connectivity index (χ4v) is 4.31. The predicted molar refractivity (Wildman–Crippen MR) is 135 cm³/mol. The first kappa shape index (κ1) is 27.8. The molecule has 2 aromatic rings. The van der Waals surface area contributed by atoms with Crippen LogP contribution in [0, 0.1) is 18.7 Å². The van der Waals surface area contributed by atoms with Gasteiger partial charge in [-0.05, 0) is 61.2 Å². The molecule has 0 aromatic heterocycles. The second kappa shape index (κ2) is 11.8. The lowest BCUT2D eigenvalue weighted by Crippen LogP contribution is -2.51. The summed E-state index contributed by atoms with van der Waals surface area (Å²) >= 11 is 3.39. The average molecular weight is 556 g/mol. The molecule has 186 valence electrons. The van der Waals surface area contributed by atoms with Gasteiger partial charge in [0.05, 0.1) is 11.9 Å². The first-order chi connectivity index (χ1) is 15.8. The summed E-state index contributed by atoms with van der Waals surface area (Å²) in [5.74, 6) is -1.10. The van der Waals surface area contributed by atoms with E-state index in [0.29, 0.717) is 17.8 Å². The highest BCUT2D eigenvalue weighted by molar-refractivity contribution is 9.10. The fourth-order valence-electron chi connectivity index (χ4n) is 3.22. The van der Waals surface area contributed by atoms with E-state index in [-0.39, 0.29) is 18.4 Å². The summed E-state index contributed by atoms with van der Waals surface area (Å²) < 4.78 is 40.4. The van der Waals surface area contributed by atoms with Crippen molar-refractivity contribution in [2.75, 3.05) is 23.7 Å². The highest BCUT2D eigenvalue weighted by Gasteiger charge is 2.30. The Morgan fingerprint density at radius 2 is 1.71 bits per heavy atom. The Morgan fingerprint density at radius 1 is 1.09 bits per heavy atom. The molecule has 1 atom stereocenters. The number of sulfonamides is 1. The SMILES string of the molecule is Cc1cc(N(CC(=O)N(Cc2ccc(F)cc2)[C@@H](C)C(=O)NCC(C)C)S(C)(=O)=O)ccc1Br. The normalized spacial score (nSPS) is 12.4. The molecule has 0 aliphatic rings. The zero-order chi connectivity index (χ0) is 25.6. The summed E-state index contributed by atoms with van der Waals surface area (Å²) in [4.78, 5) is 27.5. The topological polar surface area (TPSA) is 86.8 Å². The van der Waals surface area contributed by atoms with Crippen LogP contribution in [0.2, 0.25) is 0 Å². The Balaban J connectivity index is 2.37. The maximum Gasteiger partial charge on any atom is 0.244 e. The molecule has 0 saturated carbocycles. The number of nitrogens with zero attached hydrogens (tertiary/aromatic N) is 2. The van der Waals surface area contributed by atoms with Crippen molar-refractivity contribution in [1.82, 2.24) is 10.2 Å². The molecule has 0 bridgehead atoms. The molecule has 0 unspecified atom stereocenters. The van der Waals surface area contributed by atoms with Crippen molar-refractivity contribution in [2.24, 2.45) is 5.92 Å². The van der Waals surface area contributed by atoms with Crippen LogP contribution in [0.3, 0.4) is 0 Å². The van der Waals surface area contributed by atoms with Gasteiger partial charge in [-0.1, -0.05) is 41.9 Å². The number of nitrogens with one attached hydrogen (secondary N) is 1. The minimum atomic E-state index is -3.80. The quantitative estimate of drug-likeness (QED) is 0.482. The number of hydrogen-bond donors (Lipinski definition) is 1. The Hall–Kier alpha value is -2.46. The molecule has 0 aliphatic carbocycles. The van der Waals surface area contributed by atoms with Gasteiger partial charge >= 0.3 is 0 Å².